The summed E-state index contributed by atoms with van der Waals surface area (Å²) in [6.45, 7) is 8.53. The zero-order valence-corrected chi connectivity index (χ0v) is 27.8. The highest BCUT2D eigenvalue weighted by Crippen LogP contribution is 2.51. The second-order valence-electron chi connectivity index (χ2n) is 10.5. The zero-order valence-electron chi connectivity index (χ0n) is 25.2. The molecule has 0 heterocycles. The third kappa shape index (κ3) is 7.29. The van der Waals surface area contributed by atoms with E-state index in [2.05, 4.69) is 199 Å². The highest BCUT2D eigenvalue weighted by molar-refractivity contribution is 8.20. The van der Waals surface area contributed by atoms with Gasteiger partial charge in [-0.1, -0.05) is 110 Å². The Labute approximate surface area is 276 Å². The molecule has 2 unspecified atom stereocenters. The predicted molar refractivity (Wildman–Crippen MR) is 204 cm³/mol. The van der Waals surface area contributed by atoms with Crippen molar-refractivity contribution in [1.29, 1.82) is 0 Å². The molecule has 0 aliphatic carbocycles. The highest BCUT2D eigenvalue weighted by Gasteiger charge is 2.14. The van der Waals surface area contributed by atoms with Gasteiger partial charge in [0.05, 0.1) is 0 Å². The summed E-state index contributed by atoms with van der Waals surface area (Å²) < 4.78 is 0. The van der Waals surface area contributed by atoms with Crippen LogP contribution in [0.5, 0.6) is 0 Å². The van der Waals surface area contributed by atoms with Crippen LogP contribution in [0.4, 0.5) is 0 Å². The van der Waals surface area contributed by atoms with E-state index in [4.69, 9.17) is 0 Å². The van der Waals surface area contributed by atoms with Crippen molar-refractivity contribution in [2.45, 2.75) is 29.4 Å². The van der Waals surface area contributed by atoms with Gasteiger partial charge >= 0.3 is 0 Å². The van der Waals surface area contributed by atoms with E-state index in [1.165, 1.54) is 46.1 Å². The summed E-state index contributed by atoms with van der Waals surface area (Å²) in [4.78, 5) is 7.92. The van der Waals surface area contributed by atoms with Gasteiger partial charge in [-0.3, -0.25) is 0 Å². The molecule has 3 heteroatoms. The average molecular weight is 639 g/mol. The quantitative estimate of drug-likeness (QED) is 0.116. The number of thiol groups is 3. The van der Waals surface area contributed by atoms with Crippen LogP contribution in [0.3, 0.4) is 0 Å². The van der Waals surface area contributed by atoms with Crippen molar-refractivity contribution < 1.29 is 0 Å². The van der Waals surface area contributed by atoms with Crippen LogP contribution in [0.15, 0.2) is 223 Å². The van der Waals surface area contributed by atoms with Crippen molar-refractivity contribution in [1.82, 2.24) is 0 Å². The number of hydrogen-bond donors (Lipinski definition) is 3. The number of hydrogen-bond acceptors (Lipinski definition) is 0. The molecule has 6 aromatic carbocycles. The molecule has 0 N–H and O–H groups in total. The lowest BCUT2D eigenvalue weighted by Crippen LogP contribution is -1.91. The SMILES string of the molecule is C=C[SH](c1ccccc1)c1cccc(-c2ccc(/C=C/[SH](c3ccccc3)c3ccccc3)c([SH](C=C)c3ccccc3)c2)c1. The Morgan fingerprint density at radius 3 is 1.33 bits per heavy atom. The third-order valence-corrected chi connectivity index (χ3v) is 14.0. The predicted octanol–water partition coefficient (Wildman–Crippen LogP) is 12.6. The largest absolute Gasteiger partial charge is 0.180 e. The molecule has 6 rings (SSSR count). The molecule has 0 fully saturated rings. The fourth-order valence-electron chi connectivity index (χ4n) is 5.44. The minimum atomic E-state index is -0.767. The van der Waals surface area contributed by atoms with E-state index >= 15 is 0 Å². The summed E-state index contributed by atoms with van der Waals surface area (Å²) in [6, 6.07) is 59.2. The van der Waals surface area contributed by atoms with E-state index in [1.54, 1.807) is 0 Å². The summed E-state index contributed by atoms with van der Waals surface area (Å²) in [5.41, 5.74) is 3.67. The molecule has 45 heavy (non-hydrogen) atoms. The van der Waals surface area contributed by atoms with Crippen molar-refractivity contribution in [2.75, 3.05) is 0 Å². The fourth-order valence-corrected chi connectivity index (χ4v) is 11.0. The summed E-state index contributed by atoms with van der Waals surface area (Å²) in [7, 11) is -2.06. The third-order valence-electron chi connectivity index (χ3n) is 7.65. The monoisotopic (exact) mass is 638 g/mol. The van der Waals surface area contributed by atoms with Crippen molar-refractivity contribution in [2.24, 2.45) is 0 Å². The van der Waals surface area contributed by atoms with Gasteiger partial charge < -0.3 is 0 Å². The molecule has 0 aromatic heterocycles. The van der Waals surface area contributed by atoms with Crippen LogP contribution in [0, 0.1) is 0 Å². The molecule has 0 amide bonds. The minimum absolute atomic E-state index is 0.636. The van der Waals surface area contributed by atoms with Crippen LogP contribution in [0.1, 0.15) is 5.56 Å². The maximum atomic E-state index is 4.33. The summed E-state index contributed by atoms with van der Waals surface area (Å²) in [5.74, 6) is 0. The van der Waals surface area contributed by atoms with Gasteiger partial charge in [-0.25, -0.2) is 0 Å². The molecule has 0 aliphatic heterocycles. The first-order chi connectivity index (χ1) is 22.2. The van der Waals surface area contributed by atoms with Crippen LogP contribution in [-0.4, -0.2) is 0 Å². The molecule has 0 spiro atoms. The first kappa shape index (κ1) is 30.6. The maximum Gasteiger partial charge on any atom is 0.00288 e. The molecule has 0 bridgehead atoms. The van der Waals surface area contributed by atoms with Gasteiger partial charge in [0, 0.05) is 4.90 Å². The second kappa shape index (κ2) is 15.0. The molecule has 2 atom stereocenters. The van der Waals surface area contributed by atoms with Gasteiger partial charge in [-0.2, -0.15) is 32.7 Å². The second-order valence-corrected chi connectivity index (χ2v) is 16.8. The Hall–Kier alpha value is -4.41. The van der Waals surface area contributed by atoms with Gasteiger partial charge in [-0.15, -0.1) is 0 Å². The molecule has 224 valence electrons. The van der Waals surface area contributed by atoms with Crippen molar-refractivity contribution in [3.63, 3.8) is 0 Å². The van der Waals surface area contributed by atoms with E-state index < -0.39 is 32.7 Å². The van der Waals surface area contributed by atoms with Crippen LogP contribution < -0.4 is 0 Å². The van der Waals surface area contributed by atoms with Crippen LogP contribution in [0.2, 0.25) is 0 Å². The van der Waals surface area contributed by atoms with E-state index in [0.717, 1.165) is 0 Å². The molecule has 0 aliphatic rings. The molecule has 0 saturated heterocycles. The Bertz CT molecular complexity index is 1840. The van der Waals surface area contributed by atoms with E-state index in [9.17, 15) is 0 Å². The molecule has 0 nitrogen and oxygen atoms in total. The van der Waals surface area contributed by atoms with Gasteiger partial charge in [0.1, 0.15) is 0 Å². The van der Waals surface area contributed by atoms with Crippen LogP contribution >= 0.6 is 32.7 Å². The standard InChI is InChI=1S/C42H38S3/c1-3-43(37-19-9-5-10-20-37)41-27-17-18-35(32-41)36-29-28-34(42(33-36)44(4-2)38-21-11-6-12-22-38)30-31-45(39-23-13-7-14-24-39)40-25-15-8-16-26-40/h3-33,43-45H,1-2H2/b31-30+. The summed E-state index contributed by atoms with van der Waals surface area (Å²) in [6.07, 6.45) is 2.34. The van der Waals surface area contributed by atoms with Gasteiger partial charge in [0.2, 0.25) is 0 Å². The molecular weight excluding hydrogens is 601 g/mol. The van der Waals surface area contributed by atoms with Crippen LogP contribution in [0.25, 0.3) is 17.2 Å². The molecular formula is C42H38S3. The smallest absolute Gasteiger partial charge is 0.00288 e. The Morgan fingerprint density at radius 1 is 0.378 bits per heavy atom. The Morgan fingerprint density at radius 2 is 0.822 bits per heavy atom. The Balaban J connectivity index is 1.44. The van der Waals surface area contributed by atoms with Crippen molar-refractivity contribution in [3.8, 4) is 11.1 Å². The maximum absolute atomic E-state index is 4.33. The zero-order chi connectivity index (χ0) is 30.8. The van der Waals surface area contributed by atoms with Crippen molar-refractivity contribution in [3.05, 3.63) is 199 Å². The van der Waals surface area contributed by atoms with Gasteiger partial charge in [0.15, 0.2) is 0 Å². The normalized spacial score (nSPS) is 13.6. The van der Waals surface area contributed by atoms with Crippen LogP contribution in [-0.2, 0) is 0 Å². The van der Waals surface area contributed by atoms with Gasteiger partial charge in [-0.05, 0) is 130 Å². The first-order valence-corrected chi connectivity index (χ1v) is 19.2. The lowest BCUT2D eigenvalue weighted by molar-refractivity contribution is 1.36. The average Bonchev–Trinajstić information content (AvgIpc) is 3.11. The lowest BCUT2D eigenvalue weighted by atomic mass is 10.0. The number of benzene rings is 6. The lowest BCUT2D eigenvalue weighted by Gasteiger charge is -2.23. The molecule has 0 saturated carbocycles. The number of rotatable bonds is 11. The first-order valence-electron chi connectivity index (χ1n) is 15.0. The fraction of sp³-hybridized carbons (Fsp3) is 0. The van der Waals surface area contributed by atoms with Gasteiger partial charge in [0.25, 0.3) is 0 Å². The molecule has 0 radical (unpaired) electrons. The topological polar surface area (TPSA) is 0 Å². The minimum Gasteiger partial charge on any atom is -0.180 e. The van der Waals surface area contributed by atoms with Crippen molar-refractivity contribution >= 4 is 38.8 Å². The van der Waals surface area contributed by atoms with E-state index in [1.807, 2.05) is 0 Å². The highest BCUT2D eigenvalue weighted by atomic mass is 32.2. The summed E-state index contributed by atoms with van der Waals surface area (Å²) in [5, 5.41) is 6.66. The van der Waals surface area contributed by atoms with E-state index in [-0.39, 0.29) is 0 Å². The van der Waals surface area contributed by atoms with E-state index in [0.29, 0.717) is 0 Å². The Kier molecular flexibility index (Phi) is 10.2. The summed E-state index contributed by atoms with van der Waals surface area (Å²) >= 11 is 0. The molecule has 6 aromatic rings.